The van der Waals surface area contributed by atoms with Gasteiger partial charge in [0.15, 0.2) is 0 Å². The van der Waals surface area contributed by atoms with E-state index in [0.29, 0.717) is 5.02 Å². The van der Waals surface area contributed by atoms with Crippen LogP contribution in [0.3, 0.4) is 0 Å². The standard InChI is InChI=1S/C13H9BrClN3/c14-10-5-12(8-17-7-10)18-13(6-16)9-1-3-11(15)4-2-9/h1-5,7-8,13,18H/t13-/m1/s1. The molecule has 5 heteroatoms. The summed E-state index contributed by atoms with van der Waals surface area (Å²) in [5.74, 6) is 0. The van der Waals surface area contributed by atoms with Crippen LogP contribution in [-0.4, -0.2) is 4.98 Å². The number of anilines is 1. The molecule has 0 unspecified atom stereocenters. The molecule has 1 heterocycles. The maximum atomic E-state index is 9.20. The second-order valence-corrected chi connectivity index (χ2v) is 5.00. The van der Waals surface area contributed by atoms with Gasteiger partial charge in [-0.1, -0.05) is 23.7 Å². The molecule has 2 rings (SSSR count). The Kier molecular flexibility index (Phi) is 4.19. The maximum Gasteiger partial charge on any atom is 0.140 e. The third-order valence-corrected chi connectivity index (χ3v) is 3.03. The highest BCUT2D eigenvalue weighted by Crippen LogP contribution is 2.22. The lowest BCUT2D eigenvalue weighted by Crippen LogP contribution is -2.08. The number of nitrogens with zero attached hydrogens (tertiary/aromatic N) is 2. The van der Waals surface area contributed by atoms with Gasteiger partial charge in [-0.05, 0) is 39.7 Å². The van der Waals surface area contributed by atoms with Crippen molar-refractivity contribution in [1.29, 1.82) is 5.26 Å². The van der Waals surface area contributed by atoms with Gasteiger partial charge in [-0.2, -0.15) is 5.26 Å². The fraction of sp³-hybridized carbons (Fsp3) is 0.0769. The minimum atomic E-state index is -0.432. The van der Waals surface area contributed by atoms with Crippen molar-refractivity contribution in [2.24, 2.45) is 0 Å². The summed E-state index contributed by atoms with van der Waals surface area (Å²) in [6.07, 6.45) is 3.36. The zero-order valence-corrected chi connectivity index (χ0v) is 11.6. The van der Waals surface area contributed by atoms with Crippen molar-refractivity contribution in [2.75, 3.05) is 5.32 Å². The van der Waals surface area contributed by atoms with Crippen molar-refractivity contribution in [3.05, 3.63) is 57.8 Å². The van der Waals surface area contributed by atoms with E-state index in [1.165, 1.54) is 0 Å². The molecule has 3 nitrogen and oxygen atoms in total. The summed E-state index contributed by atoms with van der Waals surface area (Å²) in [5.41, 5.74) is 1.65. The lowest BCUT2D eigenvalue weighted by Gasteiger charge is -2.13. The first kappa shape index (κ1) is 12.9. The van der Waals surface area contributed by atoms with Gasteiger partial charge in [0.25, 0.3) is 0 Å². The molecule has 2 aromatic rings. The second-order valence-electron chi connectivity index (χ2n) is 3.65. The Labute approximate surface area is 119 Å². The second kappa shape index (κ2) is 5.85. The largest absolute Gasteiger partial charge is 0.365 e. The molecular weight excluding hydrogens is 314 g/mol. The monoisotopic (exact) mass is 321 g/mol. The zero-order chi connectivity index (χ0) is 13.0. The van der Waals surface area contributed by atoms with Gasteiger partial charge in [-0.25, -0.2) is 0 Å². The van der Waals surface area contributed by atoms with E-state index < -0.39 is 6.04 Å². The van der Waals surface area contributed by atoms with E-state index in [4.69, 9.17) is 11.6 Å². The van der Waals surface area contributed by atoms with Gasteiger partial charge in [0.2, 0.25) is 0 Å². The van der Waals surface area contributed by atoms with Crippen LogP contribution in [-0.2, 0) is 0 Å². The quantitative estimate of drug-likeness (QED) is 0.922. The average Bonchev–Trinajstić information content (AvgIpc) is 2.37. The number of hydrogen-bond acceptors (Lipinski definition) is 3. The summed E-state index contributed by atoms with van der Waals surface area (Å²) in [6.45, 7) is 0. The average molecular weight is 323 g/mol. The first-order valence-electron chi connectivity index (χ1n) is 5.21. The van der Waals surface area contributed by atoms with Gasteiger partial charge in [0, 0.05) is 15.7 Å². The Balaban J connectivity index is 2.20. The predicted octanol–water partition coefficient (Wildman–Crippen LogP) is 4.17. The van der Waals surface area contributed by atoms with Crippen LogP contribution in [0.1, 0.15) is 11.6 Å². The van der Waals surface area contributed by atoms with Crippen molar-refractivity contribution < 1.29 is 0 Å². The highest BCUT2D eigenvalue weighted by molar-refractivity contribution is 9.10. The maximum absolute atomic E-state index is 9.20. The molecule has 1 N–H and O–H groups in total. The van der Waals surface area contributed by atoms with Crippen molar-refractivity contribution in [3.63, 3.8) is 0 Å². The minimum absolute atomic E-state index is 0.432. The molecule has 0 bridgehead atoms. The lowest BCUT2D eigenvalue weighted by atomic mass is 10.1. The number of pyridine rings is 1. The Bertz CT molecular complexity index is 578. The van der Waals surface area contributed by atoms with Crippen LogP contribution in [0.25, 0.3) is 0 Å². The molecule has 0 saturated heterocycles. The van der Waals surface area contributed by atoms with Crippen molar-refractivity contribution in [3.8, 4) is 6.07 Å². The number of benzene rings is 1. The van der Waals surface area contributed by atoms with Crippen LogP contribution in [0.5, 0.6) is 0 Å². The molecule has 18 heavy (non-hydrogen) atoms. The number of halogens is 2. The van der Waals surface area contributed by atoms with Crippen molar-refractivity contribution >= 4 is 33.2 Å². The third-order valence-electron chi connectivity index (χ3n) is 2.35. The smallest absolute Gasteiger partial charge is 0.140 e. The highest BCUT2D eigenvalue weighted by atomic mass is 79.9. The van der Waals surface area contributed by atoms with E-state index in [0.717, 1.165) is 15.7 Å². The van der Waals surface area contributed by atoms with Gasteiger partial charge < -0.3 is 5.32 Å². The third kappa shape index (κ3) is 3.22. The summed E-state index contributed by atoms with van der Waals surface area (Å²) in [4.78, 5) is 4.04. The van der Waals surface area contributed by atoms with Crippen molar-refractivity contribution in [2.45, 2.75) is 6.04 Å². The van der Waals surface area contributed by atoms with Crippen molar-refractivity contribution in [1.82, 2.24) is 4.98 Å². The number of nitrogens with one attached hydrogen (secondary N) is 1. The van der Waals surface area contributed by atoms with Crippen LogP contribution < -0.4 is 5.32 Å². The lowest BCUT2D eigenvalue weighted by molar-refractivity contribution is 0.993. The Morgan fingerprint density at radius 3 is 2.61 bits per heavy atom. The Hall–Kier alpha value is -1.57. The molecule has 0 amide bonds. The molecular formula is C13H9BrClN3. The minimum Gasteiger partial charge on any atom is -0.365 e. The SMILES string of the molecule is N#C[C@@H](Nc1cncc(Br)c1)c1ccc(Cl)cc1. The van der Waals surface area contributed by atoms with Crippen LogP contribution in [0.2, 0.25) is 5.02 Å². The molecule has 90 valence electrons. The molecule has 0 radical (unpaired) electrons. The Morgan fingerprint density at radius 1 is 1.28 bits per heavy atom. The van der Waals surface area contributed by atoms with E-state index in [-0.39, 0.29) is 0 Å². The van der Waals surface area contributed by atoms with Crippen LogP contribution in [0.15, 0.2) is 47.2 Å². The molecule has 1 aromatic carbocycles. The van der Waals surface area contributed by atoms with Gasteiger partial charge in [-0.3, -0.25) is 4.98 Å². The van der Waals surface area contributed by atoms with Gasteiger partial charge in [0.1, 0.15) is 6.04 Å². The van der Waals surface area contributed by atoms with Crippen LogP contribution in [0.4, 0.5) is 5.69 Å². The fourth-order valence-corrected chi connectivity index (χ4v) is 1.99. The number of hydrogen-bond donors (Lipinski definition) is 1. The van der Waals surface area contributed by atoms with Crippen LogP contribution in [0, 0.1) is 11.3 Å². The van der Waals surface area contributed by atoms with Crippen LogP contribution >= 0.6 is 27.5 Å². The van der Waals surface area contributed by atoms with Gasteiger partial charge >= 0.3 is 0 Å². The summed E-state index contributed by atoms with van der Waals surface area (Å²) in [7, 11) is 0. The first-order chi connectivity index (χ1) is 8.69. The van der Waals surface area contributed by atoms with E-state index >= 15 is 0 Å². The molecule has 1 aromatic heterocycles. The zero-order valence-electron chi connectivity index (χ0n) is 9.27. The predicted molar refractivity (Wildman–Crippen MR) is 75.4 cm³/mol. The number of rotatable bonds is 3. The molecule has 0 aliphatic carbocycles. The molecule has 0 saturated carbocycles. The van der Waals surface area contributed by atoms with E-state index in [2.05, 4.69) is 32.3 Å². The molecule has 0 fully saturated rings. The van der Waals surface area contributed by atoms with Gasteiger partial charge in [-0.15, -0.1) is 0 Å². The number of nitriles is 1. The van der Waals surface area contributed by atoms with E-state index in [1.54, 1.807) is 24.5 Å². The first-order valence-corrected chi connectivity index (χ1v) is 6.38. The van der Waals surface area contributed by atoms with E-state index in [1.807, 2.05) is 18.2 Å². The summed E-state index contributed by atoms with van der Waals surface area (Å²) in [5, 5.41) is 13.0. The summed E-state index contributed by atoms with van der Waals surface area (Å²) in [6, 6.07) is 10.8. The van der Waals surface area contributed by atoms with Gasteiger partial charge in [0.05, 0.1) is 18.0 Å². The molecule has 1 atom stereocenters. The highest BCUT2D eigenvalue weighted by Gasteiger charge is 2.10. The topological polar surface area (TPSA) is 48.7 Å². The van der Waals surface area contributed by atoms with E-state index in [9.17, 15) is 5.26 Å². The number of aromatic nitrogens is 1. The Morgan fingerprint density at radius 2 is 2.00 bits per heavy atom. The summed E-state index contributed by atoms with van der Waals surface area (Å²) < 4.78 is 0.861. The molecule has 0 spiro atoms. The molecule has 0 aliphatic heterocycles. The normalized spacial score (nSPS) is 11.6. The summed E-state index contributed by atoms with van der Waals surface area (Å²) >= 11 is 9.16. The molecule has 0 aliphatic rings. The fourth-order valence-electron chi connectivity index (χ4n) is 1.50.